The summed E-state index contributed by atoms with van der Waals surface area (Å²) >= 11 is 0. The number of amides is 3. The highest BCUT2D eigenvalue weighted by Crippen LogP contribution is 2.26. The van der Waals surface area contributed by atoms with E-state index in [-0.39, 0.29) is 11.9 Å². The summed E-state index contributed by atoms with van der Waals surface area (Å²) in [6.07, 6.45) is 2.31. The van der Waals surface area contributed by atoms with Gasteiger partial charge >= 0.3 is 6.03 Å². The molecule has 0 saturated carbocycles. The highest BCUT2D eigenvalue weighted by Gasteiger charge is 2.28. The second kappa shape index (κ2) is 7.33. The molecule has 1 aliphatic rings. The van der Waals surface area contributed by atoms with Crippen LogP contribution in [0.15, 0.2) is 24.3 Å². The van der Waals surface area contributed by atoms with Crippen LogP contribution in [0.2, 0.25) is 0 Å². The summed E-state index contributed by atoms with van der Waals surface area (Å²) in [5.41, 5.74) is 1.93. The fraction of sp³-hybridized carbons (Fsp3) is 0.471. The molecule has 7 nitrogen and oxygen atoms in total. The highest BCUT2D eigenvalue weighted by molar-refractivity contribution is 5.94. The highest BCUT2D eigenvalue weighted by atomic mass is 16.2. The maximum Gasteiger partial charge on any atom is 0.324 e. The van der Waals surface area contributed by atoms with Gasteiger partial charge in [-0.15, -0.1) is 0 Å². The zero-order valence-corrected chi connectivity index (χ0v) is 13.9. The number of anilines is 1. The van der Waals surface area contributed by atoms with Crippen molar-refractivity contribution in [2.24, 2.45) is 0 Å². The van der Waals surface area contributed by atoms with Crippen LogP contribution in [0.1, 0.15) is 26.2 Å². The summed E-state index contributed by atoms with van der Waals surface area (Å²) in [5.74, 6) is 0.638. The fourth-order valence-corrected chi connectivity index (χ4v) is 2.85. The summed E-state index contributed by atoms with van der Waals surface area (Å²) < 4.78 is 2.05. The van der Waals surface area contributed by atoms with Gasteiger partial charge in [0.05, 0.1) is 11.0 Å². The molecule has 0 spiro atoms. The number of unbranched alkanes of at least 4 members (excludes halogenated alkanes) is 1. The normalized spacial score (nSPS) is 13.1. The topological polar surface area (TPSA) is 79.3 Å². The minimum Gasteiger partial charge on any atom is -0.356 e. The lowest BCUT2D eigenvalue weighted by atomic mass is 10.3. The Balaban J connectivity index is 1.53. The third kappa shape index (κ3) is 3.34. The van der Waals surface area contributed by atoms with Crippen LogP contribution < -0.4 is 15.5 Å². The van der Waals surface area contributed by atoms with Gasteiger partial charge in [0.2, 0.25) is 11.9 Å². The Morgan fingerprint density at radius 1 is 1.17 bits per heavy atom. The quantitative estimate of drug-likeness (QED) is 0.794. The predicted molar refractivity (Wildman–Crippen MR) is 93.0 cm³/mol. The van der Waals surface area contributed by atoms with Crippen LogP contribution in [-0.2, 0) is 11.3 Å². The monoisotopic (exact) mass is 329 g/mol. The number of fused-ring (bicyclic) bond motifs is 3. The molecule has 0 bridgehead atoms. The van der Waals surface area contributed by atoms with E-state index in [1.807, 2.05) is 28.8 Å². The first-order valence-electron chi connectivity index (χ1n) is 8.48. The lowest BCUT2D eigenvalue weighted by Crippen LogP contribution is -2.41. The van der Waals surface area contributed by atoms with Crippen molar-refractivity contribution in [1.82, 2.24) is 20.2 Å². The van der Waals surface area contributed by atoms with Gasteiger partial charge in [-0.1, -0.05) is 25.5 Å². The van der Waals surface area contributed by atoms with Crippen LogP contribution in [0, 0.1) is 0 Å². The van der Waals surface area contributed by atoms with Crippen molar-refractivity contribution in [3.05, 3.63) is 24.3 Å². The van der Waals surface area contributed by atoms with Crippen molar-refractivity contribution in [3.8, 4) is 0 Å². The first-order chi connectivity index (χ1) is 11.7. The number of para-hydroxylation sites is 2. The van der Waals surface area contributed by atoms with E-state index in [1.54, 1.807) is 4.90 Å². The SMILES string of the molecule is CCCCNC(=O)CCNC(=O)N1CCn2c1nc1ccccc12. The molecule has 0 aliphatic carbocycles. The van der Waals surface area contributed by atoms with Crippen LogP contribution in [0.4, 0.5) is 10.7 Å². The molecule has 2 N–H and O–H groups in total. The molecule has 128 valence electrons. The van der Waals surface area contributed by atoms with Gasteiger partial charge in [-0.05, 0) is 18.6 Å². The number of hydrogen-bond donors (Lipinski definition) is 2. The third-order valence-electron chi connectivity index (χ3n) is 4.15. The van der Waals surface area contributed by atoms with Crippen LogP contribution in [-0.4, -0.2) is 41.1 Å². The van der Waals surface area contributed by atoms with E-state index >= 15 is 0 Å². The zero-order chi connectivity index (χ0) is 16.9. The Kier molecular flexibility index (Phi) is 4.98. The Bertz CT molecular complexity index is 740. The number of carbonyl (C=O) groups excluding carboxylic acids is 2. The Labute approximate surface area is 141 Å². The first-order valence-corrected chi connectivity index (χ1v) is 8.48. The second-order valence-corrected chi connectivity index (χ2v) is 5.89. The number of aromatic nitrogens is 2. The van der Waals surface area contributed by atoms with Gasteiger partial charge in [0, 0.05) is 32.6 Å². The zero-order valence-electron chi connectivity index (χ0n) is 13.9. The Morgan fingerprint density at radius 3 is 2.83 bits per heavy atom. The average molecular weight is 329 g/mol. The van der Waals surface area contributed by atoms with Gasteiger partial charge in [-0.25, -0.2) is 9.78 Å². The Hall–Kier alpha value is -2.57. The molecule has 1 aromatic heterocycles. The largest absolute Gasteiger partial charge is 0.356 e. The van der Waals surface area contributed by atoms with Gasteiger partial charge in [0.25, 0.3) is 0 Å². The molecule has 0 saturated heterocycles. The average Bonchev–Trinajstić information content (AvgIpc) is 3.14. The fourth-order valence-electron chi connectivity index (χ4n) is 2.85. The van der Waals surface area contributed by atoms with E-state index in [1.165, 1.54) is 0 Å². The molecule has 2 heterocycles. The molecular weight excluding hydrogens is 306 g/mol. The Morgan fingerprint density at radius 2 is 2.00 bits per heavy atom. The molecule has 0 radical (unpaired) electrons. The molecule has 0 unspecified atom stereocenters. The molecule has 0 atom stereocenters. The summed E-state index contributed by atoms with van der Waals surface area (Å²) in [6.45, 7) is 4.44. The number of benzene rings is 1. The van der Waals surface area contributed by atoms with E-state index in [0.29, 0.717) is 32.0 Å². The summed E-state index contributed by atoms with van der Waals surface area (Å²) in [5, 5.41) is 5.64. The molecule has 3 rings (SSSR count). The molecule has 2 aromatic rings. The maximum atomic E-state index is 12.4. The number of nitrogens with zero attached hydrogens (tertiary/aromatic N) is 3. The van der Waals surface area contributed by atoms with Crippen molar-refractivity contribution < 1.29 is 9.59 Å². The number of nitrogens with one attached hydrogen (secondary N) is 2. The first kappa shape index (κ1) is 16.3. The number of imidazole rings is 1. The van der Waals surface area contributed by atoms with Crippen molar-refractivity contribution in [2.75, 3.05) is 24.5 Å². The van der Waals surface area contributed by atoms with Gasteiger partial charge in [-0.3, -0.25) is 9.69 Å². The van der Waals surface area contributed by atoms with Crippen molar-refractivity contribution in [1.29, 1.82) is 0 Å². The number of rotatable bonds is 6. The van der Waals surface area contributed by atoms with Gasteiger partial charge in [0.15, 0.2) is 0 Å². The van der Waals surface area contributed by atoms with Crippen molar-refractivity contribution >= 4 is 28.9 Å². The standard InChI is InChI=1S/C17H23N5O2/c1-2-3-9-18-15(23)8-10-19-17(24)22-12-11-21-14-7-5-4-6-13(14)20-16(21)22/h4-7H,2-3,8-12H2,1H3,(H,18,23)(H,19,24). The minimum atomic E-state index is -0.203. The van der Waals surface area contributed by atoms with E-state index in [4.69, 9.17) is 0 Å². The van der Waals surface area contributed by atoms with Crippen molar-refractivity contribution in [2.45, 2.75) is 32.7 Å². The van der Waals surface area contributed by atoms with E-state index in [2.05, 4.69) is 22.5 Å². The number of carbonyl (C=O) groups is 2. The van der Waals surface area contributed by atoms with Gasteiger partial charge < -0.3 is 15.2 Å². The van der Waals surface area contributed by atoms with Gasteiger partial charge in [0.1, 0.15) is 0 Å². The van der Waals surface area contributed by atoms with E-state index in [9.17, 15) is 9.59 Å². The molecule has 3 amide bonds. The lowest BCUT2D eigenvalue weighted by molar-refractivity contribution is -0.120. The number of urea groups is 1. The van der Waals surface area contributed by atoms with Crippen LogP contribution in [0.3, 0.4) is 0 Å². The van der Waals surface area contributed by atoms with Crippen molar-refractivity contribution in [3.63, 3.8) is 0 Å². The molecule has 1 aliphatic heterocycles. The molecule has 24 heavy (non-hydrogen) atoms. The molecule has 7 heteroatoms. The minimum absolute atomic E-state index is 0.0302. The van der Waals surface area contributed by atoms with Gasteiger partial charge in [-0.2, -0.15) is 0 Å². The van der Waals surface area contributed by atoms with E-state index in [0.717, 1.165) is 30.4 Å². The number of hydrogen-bond acceptors (Lipinski definition) is 3. The summed E-state index contributed by atoms with van der Waals surface area (Å²) in [6, 6.07) is 7.65. The van der Waals surface area contributed by atoms with Crippen LogP contribution >= 0.6 is 0 Å². The molecule has 0 fully saturated rings. The summed E-state index contributed by atoms with van der Waals surface area (Å²) in [7, 11) is 0. The molecular formula is C17H23N5O2. The second-order valence-electron chi connectivity index (χ2n) is 5.89. The predicted octanol–water partition coefficient (Wildman–Crippen LogP) is 1.87. The van der Waals surface area contributed by atoms with Crippen LogP contribution in [0.5, 0.6) is 0 Å². The maximum absolute atomic E-state index is 12.4. The van der Waals surface area contributed by atoms with E-state index < -0.39 is 0 Å². The van der Waals surface area contributed by atoms with Crippen LogP contribution in [0.25, 0.3) is 11.0 Å². The smallest absolute Gasteiger partial charge is 0.324 e. The lowest BCUT2D eigenvalue weighted by Gasteiger charge is -2.14. The third-order valence-corrected chi connectivity index (χ3v) is 4.15. The summed E-state index contributed by atoms with van der Waals surface area (Å²) in [4.78, 5) is 30.2. The molecule has 1 aromatic carbocycles.